The first-order valence-corrected chi connectivity index (χ1v) is 4.78. The van der Waals surface area contributed by atoms with Crippen molar-refractivity contribution in [2.45, 2.75) is 0 Å². The van der Waals surface area contributed by atoms with Crippen molar-refractivity contribution >= 4 is 33.0 Å². The van der Waals surface area contributed by atoms with Gasteiger partial charge in [-0.25, -0.2) is 0 Å². The van der Waals surface area contributed by atoms with Gasteiger partial charge >= 0.3 is 0 Å². The van der Waals surface area contributed by atoms with E-state index in [9.17, 15) is 0 Å². The molecule has 62 valence electrons. The molecule has 0 aliphatic carbocycles. The van der Waals surface area contributed by atoms with Crippen molar-refractivity contribution in [1.29, 1.82) is 0 Å². The molecule has 2 rings (SSSR count). The van der Waals surface area contributed by atoms with Crippen LogP contribution in [0.2, 0.25) is 5.02 Å². The van der Waals surface area contributed by atoms with E-state index >= 15 is 0 Å². The standard InChI is InChI=1S/C9H7ClOS/c1-11-7-2-3-8-6(9(7)10)4-5-12-8/h2-5H,1H3. The molecule has 1 aromatic heterocycles. The lowest BCUT2D eigenvalue weighted by Gasteiger charge is -2.02. The molecule has 3 heteroatoms. The Kier molecular flexibility index (Phi) is 1.95. The average molecular weight is 199 g/mol. The fourth-order valence-corrected chi connectivity index (χ4v) is 2.30. The predicted molar refractivity (Wildman–Crippen MR) is 53.4 cm³/mol. The molecule has 0 N–H and O–H groups in total. The van der Waals surface area contributed by atoms with E-state index in [0.29, 0.717) is 5.02 Å². The van der Waals surface area contributed by atoms with Crippen LogP contribution in [0, 0.1) is 0 Å². The zero-order chi connectivity index (χ0) is 8.55. The van der Waals surface area contributed by atoms with Gasteiger partial charge in [0.1, 0.15) is 5.75 Å². The predicted octanol–water partition coefficient (Wildman–Crippen LogP) is 3.56. The Labute approximate surface area is 79.5 Å². The quantitative estimate of drug-likeness (QED) is 0.681. The molecule has 0 unspecified atom stereocenters. The minimum atomic E-state index is 0.705. The number of hydrogen-bond donors (Lipinski definition) is 0. The Balaban J connectivity index is 2.78. The van der Waals surface area contributed by atoms with Crippen LogP contribution in [-0.2, 0) is 0 Å². The minimum absolute atomic E-state index is 0.705. The third kappa shape index (κ3) is 1.08. The van der Waals surface area contributed by atoms with Gasteiger partial charge in [-0.05, 0) is 23.6 Å². The second-order valence-corrected chi connectivity index (χ2v) is 3.74. The van der Waals surface area contributed by atoms with Crippen LogP contribution in [0.1, 0.15) is 0 Å². The van der Waals surface area contributed by atoms with Gasteiger partial charge in [0.05, 0.1) is 12.1 Å². The Morgan fingerprint density at radius 2 is 2.17 bits per heavy atom. The largest absolute Gasteiger partial charge is 0.495 e. The SMILES string of the molecule is COc1ccc2sccc2c1Cl. The van der Waals surface area contributed by atoms with Gasteiger partial charge in [0.2, 0.25) is 0 Å². The summed E-state index contributed by atoms with van der Waals surface area (Å²) >= 11 is 7.75. The first-order chi connectivity index (χ1) is 5.83. The zero-order valence-corrected chi connectivity index (χ0v) is 8.08. The Hall–Kier alpha value is -0.730. The van der Waals surface area contributed by atoms with Gasteiger partial charge in [0.15, 0.2) is 0 Å². The molecular formula is C9H7ClOS. The summed E-state index contributed by atoms with van der Waals surface area (Å²) in [4.78, 5) is 0. The van der Waals surface area contributed by atoms with Gasteiger partial charge < -0.3 is 4.74 Å². The molecule has 0 bridgehead atoms. The molecule has 0 spiro atoms. The smallest absolute Gasteiger partial charge is 0.138 e. The molecule has 1 heterocycles. The highest BCUT2D eigenvalue weighted by molar-refractivity contribution is 7.17. The summed E-state index contributed by atoms with van der Waals surface area (Å²) in [5.74, 6) is 0.738. The summed E-state index contributed by atoms with van der Waals surface area (Å²) < 4.78 is 6.29. The van der Waals surface area contributed by atoms with Crippen LogP contribution in [0.3, 0.4) is 0 Å². The average Bonchev–Trinajstić information content (AvgIpc) is 2.53. The third-order valence-electron chi connectivity index (χ3n) is 1.75. The Morgan fingerprint density at radius 3 is 2.92 bits per heavy atom. The number of ether oxygens (including phenoxy) is 1. The monoisotopic (exact) mass is 198 g/mol. The van der Waals surface area contributed by atoms with Gasteiger partial charge in [-0.15, -0.1) is 11.3 Å². The van der Waals surface area contributed by atoms with E-state index in [4.69, 9.17) is 16.3 Å². The van der Waals surface area contributed by atoms with E-state index in [1.165, 1.54) is 4.70 Å². The number of rotatable bonds is 1. The molecule has 12 heavy (non-hydrogen) atoms. The summed E-state index contributed by atoms with van der Waals surface area (Å²) in [5.41, 5.74) is 0. The molecular weight excluding hydrogens is 192 g/mol. The van der Waals surface area contributed by atoms with Gasteiger partial charge in [0.25, 0.3) is 0 Å². The minimum Gasteiger partial charge on any atom is -0.495 e. The second-order valence-electron chi connectivity index (χ2n) is 2.41. The number of halogens is 1. The van der Waals surface area contributed by atoms with Crippen molar-refractivity contribution in [3.8, 4) is 5.75 Å². The Bertz CT molecular complexity index is 408. The zero-order valence-electron chi connectivity index (χ0n) is 6.50. The van der Waals surface area contributed by atoms with Crippen molar-refractivity contribution in [2.24, 2.45) is 0 Å². The molecule has 0 amide bonds. The van der Waals surface area contributed by atoms with Crippen LogP contribution >= 0.6 is 22.9 Å². The highest BCUT2D eigenvalue weighted by atomic mass is 35.5. The Morgan fingerprint density at radius 1 is 1.33 bits per heavy atom. The molecule has 1 aromatic carbocycles. The number of fused-ring (bicyclic) bond motifs is 1. The maximum atomic E-state index is 6.06. The topological polar surface area (TPSA) is 9.23 Å². The summed E-state index contributed by atoms with van der Waals surface area (Å²) in [6, 6.07) is 5.91. The van der Waals surface area contributed by atoms with Gasteiger partial charge in [0, 0.05) is 10.1 Å². The molecule has 0 aliphatic heterocycles. The molecule has 0 fully saturated rings. The summed E-state index contributed by atoms with van der Waals surface area (Å²) in [7, 11) is 1.62. The fourth-order valence-electron chi connectivity index (χ4n) is 1.15. The van der Waals surface area contributed by atoms with E-state index in [1.54, 1.807) is 18.4 Å². The van der Waals surface area contributed by atoms with Crippen LogP contribution in [0.4, 0.5) is 0 Å². The normalized spacial score (nSPS) is 10.5. The maximum absolute atomic E-state index is 6.06. The van der Waals surface area contributed by atoms with E-state index in [1.807, 2.05) is 23.6 Å². The van der Waals surface area contributed by atoms with Crippen LogP contribution < -0.4 is 4.74 Å². The number of thiophene rings is 1. The molecule has 0 saturated heterocycles. The number of benzene rings is 1. The van der Waals surface area contributed by atoms with Crippen molar-refractivity contribution in [1.82, 2.24) is 0 Å². The van der Waals surface area contributed by atoms with E-state index in [0.717, 1.165) is 11.1 Å². The first kappa shape index (κ1) is 7.90. The van der Waals surface area contributed by atoms with E-state index in [2.05, 4.69) is 0 Å². The molecule has 0 aliphatic rings. The van der Waals surface area contributed by atoms with Gasteiger partial charge in [-0.2, -0.15) is 0 Å². The van der Waals surface area contributed by atoms with Crippen molar-refractivity contribution < 1.29 is 4.74 Å². The second kappa shape index (κ2) is 2.96. The molecule has 2 aromatic rings. The lowest BCUT2D eigenvalue weighted by atomic mass is 10.2. The van der Waals surface area contributed by atoms with Crippen molar-refractivity contribution in [3.63, 3.8) is 0 Å². The van der Waals surface area contributed by atoms with Crippen LogP contribution in [0.25, 0.3) is 10.1 Å². The number of methoxy groups -OCH3 is 1. The van der Waals surface area contributed by atoms with Crippen LogP contribution in [0.5, 0.6) is 5.75 Å². The number of hydrogen-bond acceptors (Lipinski definition) is 2. The fraction of sp³-hybridized carbons (Fsp3) is 0.111. The van der Waals surface area contributed by atoms with Crippen LogP contribution in [0.15, 0.2) is 23.6 Å². The van der Waals surface area contributed by atoms with E-state index < -0.39 is 0 Å². The highest BCUT2D eigenvalue weighted by Crippen LogP contribution is 2.34. The maximum Gasteiger partial charge on any atom is 0.138 e. The van der Waals surface area contributed by atoms with Gasteiger partial charge in [-0.1, -0.05) is 11.6 Å². The lowest BCUT2D eigenvalue weighted by Crippen LogP contribution is -1.82. The highest BCUT2D eigenvalue weighted by Gasteiger charge is 2.05. The molecule has 0 radical (unpaired) electrons. The molecule has 0 saturated carbocycles. The van der Waals surface area contributed by atoms with Crippen molar-refractivity contribution in [2.75, 3.05) is 7.11 Å². The molecule has 0 atom stereocenters. The summed E-state index contributed by atoms with van der Waals surface area (Å²) in [6.45, 7) is 0. The van der Waals surface area contributed by atoms with E-state index in [-0.39, 0.29) is 0 Å². The van der Waals surface area contributed by atoms with Gasteiger partial charge in [-0.3, -0.25) is 0 Å². The van der Waals surface area contributed by atoms with Crippen molar-refractivity contribution in [3.05, 3.63) is 28.6 Å². The summed E-state index contributed by atoms with van der Waals surface area (Å²) in [6.07, 6.45) is 0. The third-order valence-corrected chi connectivity index (χ3v) is 3.03. The summed E-state index contributed by atoms with van der Waals surface area (Å²) in [5, 5.41) is 3.80. The lowest BCUT2D eigenvalue weighted by molar-refractivity contribution is 0.415. The first-order valence-electron chi connectivity index (χ1n) is 3.52. The molecule has 1 nitrogen and oxygen atoms in total. The van der Waals surface area contributed by atoms with Crippen LogP contribution in [-0.4, -0.2) is 7.11 Å².